The van der Waals surface area contributed by atoms with E-state index in [9.17, 15) is 10.1 Å². The molecule has 0 aliphatic carbocycles. The van der Waals surface area contributed by atoms with Crippen molar-refractivity contribution < 1.29 is 14.6 Å². The molecule has 0 heterocycles. The summed E-state index contributed by atoms with van der Waals surface area (Å²) in [4.78, 5) is 10.5. The summed E-state index contributed by atoms with van der Waals surface area (Å²) in [5.41, 5.74) is 3.35. The van der Waals surface area contributed by atoms with E-state index in [1.807, 2.05) is 31.2 Å². The average Bonchev–Trinajstić information content (AvgIpc) is 2.52. The number of hydrogen-bond donors (Lipinski definition) is 1. The number of aliphatic carboxylic acids is 1. The largest absolute Gasteiger partial charge is 0.481 e. The van der Waals surface area contributed by atoms with Crippen LogP contribution >= 0.6 is 15.9 Å². The van der Waals surface area contributed by atoms with Crippen molar-refractivity contribution in [2.45, 2.75) is 6.92 Å². The molecule has 0 amide bonds. The molecule has 0 spiro atoms. The van der Waals surface area contributed by atoms with E-state index in [0.29, 0.717) is 15.8 Å². The van der Waals surface area contributed by atoms with E-state index < -0.39 is 12.6 Å². The maximum atomic E-state index is 10.5. The summed E-state index contributed by atoms with van der Waals surface area (Å²) in [5.74, 6) is -0.592. The fourth-order valence-electron chi connectivity index (χ4n) is 1.94. The number of benzene rings is 2. The van der Waals surface area contributed by atoms with Crippen molar-refractivity contribution in [3.63, 3.8) is 0 Å². The molecule has 4 nitrogen and oxygen atoms in total. The van der Waals surface area contributed by atoms with Crippen LogP contribution in [-0.4, -0.2) is 17.7 Å². The molecule has 0 saturated heterocycles. The van der Waals surface area contributed by atoms with Gasteiger partial charge in [0.05, 0.1) is 16.1 Å². The van der Waals surface area contributed by atoms with Crippen molar-refractivity contribution in [1.82, 2.24) is 0 Å². The Morgan fingerprint density at radius 1 is 1.30 bits per heavy atom. The van der Waals surface area contributed by atoms with Gasteiger partial charge >= 0.3 is 5.97 Å². The van der Waals surface area contributed by atoms with Gasteiger partial charge in [0.15, 0.2) is 6.61 Å². The Labute approximate surface area is 142 Å². The predicted octanol–water partition coefficient (Wildman–Crippen LogP) is 4.29. The zero-order valence-electron chi connectivity index (χ0n) is 12.4. The Hall–Kier alpha value is -2.58. The van der Waals surface area contributed by atoms with Gasteiger partial charge in [-0.05, 0) is 52.2 Å². The number of nitrogens with zero attached hydrogens (tertiary/aromatic N) is 1. The summed E-state index contributed by atoms with van der Waals surface area (Å²) < 4.78 is 5.78. The zero-order valence-corrected chi connectivity index (χ0v) is 14.0. The summed E-state index contributed by atoms with van der Waals surface area (Å²) in [6.07, 6.45) is 1.77. The van der Waals surface area contributed by atoms with Crippen LogP contribution in [0.1, 0.15) is 16.7 Å². The number of nitriles is 1. The second-order valence-electron chi connectivity index (χ2n) is 4.91. The number of ether oxygens (including phenoxy) is 1. The number of carboxylic acid groups (broad SMARTS) is 1. The van der Waals surface area contributed by atoms with Crippen LogP contribution in [0.25, 0.3) is 11.6 Å². The van der Waals surface area contributed by atoms with E-state index in [1.54, 1.807) is 24.3 Å². The van der Waals surface area contributed by atoms with Gasteiger partial charge in [0, 0.05) is 0 Å². The fraction of sp³-hybridized carbons (Fsp3) is 0.111. The van der Waals surface area contributed by atoms with E-state index in [0.717, 1.165) is 16.7 Å². The van der Waals surface area contributed by atoms with Crippen molar-refractivity contribution >= 4 is 33.5 Å². The van der Waals surface area contributed by atoms with Crippen molar-refractivity contribution in [2.24, 2.45) is 0 Å². The third-order valence-corrected chi connectivity index (χ3v) is 3.72. The van der Waals surface area contributed by atoms with Gasteiger partial charge in [-0.2, -0.15) is 5.26 Å². The standard InChI is InChI=1S/C18H14BrNO3/c1-12-2-5-14(6-3-12)15(10-20)8-13-4-7-17(16(19)9-13)23-11-18(21)22/h2-9H,11H2,1H3,(H,21,22)/b15-8-. The Morgan fingerprint density at radius 2 is 2.00 bits per heavy atom. The van der Waals surface area contributed by atoms with Crippen LogP contribution in [0.3, 0.4) is 0 Å². The van der Waals surface area contributed by atoms with Gasteiger partial charge in [0.25, 0.3) is 0 Å². The van der Waals surface area contributed by atoms with Gasteiger partial charge < -0.3 is 9.84 Å². The monoisotopic (exact) mass is 371 g/mol. The smallest absolute Gasteiger partial charge is 0.341 e. The second-order valence-corrected chi connectivity index (χ2v) is 5.76. The Balaban J connectivity index is 2.27. The van der Waals surface area contributed by atoms with E-state index in [2.05, 4.69) is 22.0 Å². The summed E-state index contributed by atoms with van der Waals surface area (Å²) >= 11 is 3.34. The normalized spacial score (nSPS) is 10.9. The molecule has 0 atom stereocenters. The van der Waals surface area contributed by atoms with Crippen molar-refractivity contribution in [3.8, 4) is 11.8 Å². The molecule has 0 aromatic heterocycles. The molecule has 5 heteroatoms. The minimum Gasteiger partial charge on any atom is -0.481 e. The molecule has 0 saturated carbocycles. The van der Waals surface area contributed by atoms with Gasteiger partial charge in [-0.3, -0.25) is 0 Å². The third kappa shape index (κ3) is 4.70. The number of hydrogen-bond acceptors (Lipinski definition) is 3. The molecule has 0 bridgehead atoms. The molecule has 23 heavy (non-hydrogen) atoms. The fourth-order valence-corrected chi connectivity index (χ4v) is 2.45. The van der Waals surface area contributed by atoms with Crippen LogP contribution in [0.4, 0.5) is 0 Å². The van der Waals surface area contributed by atoms with E-state index in [4.69, 9.17) is 9.84 Å². The Bertz CT molecular complexity index is 789. The second kappa shape index (κ2) is 7.61. The first kappa shape index (κ1) is 16.8. The van der Waals surface area contributed by atoms with Crippen LogP contribution in [0.15, 0.2) is 46.9 Å². The molecular formula is C18H14BrNO3. The lowest BCUT2D eigenvalue weighted by Gasteiger charge is -2.07. The minimum absolute atomic E-state index is 0.402. The molecule has 2 aromatic carbocycles. The molecule has 1 N–H and O–H groups in total. The van der Waals surface area contributed by atoms with E-state index in [1.165, 1.54) is 0 Å². The predicted molar refractivity (Wildman–Crippen MR) is 91.9 cm³/mol. The average molecular weight is 372 g/mol. The summed E-state index contributed by atoms with van der Waals surface area (Å²) in [6.45, 7) is 1.59. The highest BCUT2D eigenvalue weighted by Crippen LogP contribution is 2.28. The lowest BCUT2D eigenvalue weighted by atomic mass is 10.0. The molecule has 0 unspecified atom stereocenters. The first-order valence-electron chi connectivity index (χ1n) is 6.82. The number of halogens is 1. The van der Waals surface area contributed by atoms with Crippen LogP contribution in [0.5, 0.6) is 5.75 Å². The van der Waals surface area contributed by atoms with Crippen molar-refractivity contribution in [2.75, 3.05) is 6.61 Å². The zero-order chi connectivity index (χ0) is 16.8. The quantitative estimate of drug-likeness (QED) is 0.628. The van der Waals surface area contributed by atoms with Crippen molar-refractivity contribution in [1.29, 1.82) is 5.26 Å². The highest BCUT2D eigenvalue weighted by molar-refractivity contribution is 9.10. The first-order valence-corrected chi connectivity index (χ1v) is 7.62. The Morgan fingerprint density at radius 3 is 2.57 bits per heavy atom. The SMILES string of the molecule is Cc1ccc(/C(C#N)=C\c2ccc(OCC(=O)O)c(Br)c2)cc1. The number of allylic oxidation sites excluding steroid dienone is 1. The van der Waals surface area contributed by atoms with Crippen LogP contribution in [-0.2, 0) is 4.79 Å². The van der Waals surface area contributed by atoms with Gasteiger partial charge in [-0.1, -0.05) is 35.9 Å². The highest BCUT2D eigenvalue weighted by Gasteiger charge is 2.06. The van der Waals surface area contributed by atoms with Gasteiger partial charge in [0.1, 0.15) is 5.75 Å². The van der Waals surface area contributed by atoms with E-state index in [-0.39, 0.29) is 0 Å². The summed E-state index contributed by atoms with van der Waals surface area (Å²) in [5, 5.41) is 18.0. The minimum atomic E-state index is -1.04. The topological polar surface area (TPSA) is 70.3 Å². The van der Waals surface area contributed by atoms with Crippen LogP contribution in [0.2, 0.25) is 0 Å². The van der Waals surface area contributed by atoms with Gasteiger partial charge in [-0.25, -0.2) is 4.79 Å². The van der Waals surface area contributed by atoms with Crippen LogP contribution in [0, 0.1) is 18.3 Å². The first-order chi connectivity index (χ1) is 11.0. The molecule has 0 aliphatic heterocycles. The summed E-state index contributed by atoms with van der Waals surface area (Å²) in [7, 11) is 0. The molecule has 0 aliphatic rings. The maximum absolute atomic E-state index is 10.5. The lowest BCUT2D eigenvalue weighted by Crippen LogP contribution is -2.09. The number of rotatable bonds is 5. The molecule has 2 rings (SSSR count). The number of carbonyl (C=O) groups is 1. The molecule has 0 fully saturated rings. The Kier molecular flexibility index (Phi) is 5.56. The van der Waals surface area contributed by atoms with E-state index >= 15 is 0 Å². The van der Waals surface area contributed by atoms with Crippen LogP contribution < -0.4 is 4.74 Å². The number of aryl methyl sites for hydroxylation is 1. The van der Waals surface area contributed by atoms with Crippen molar-refractivity contribution in [3.05, 3.63) is 63.6 Å². The van der Waals surface area contributed by atoms with Gasteiger partial charge in [-0.15, -0.1) is 0 Å². The van der Waals surface area contributed by atoms with Gasteiger partial charge in [0.2, 0.25) is 0 Å². The number of carboxylic acids is 1. The molecule has 116 valence electrons. The lowest BCUT2D eigenvalue weighted by molar-refractivity contribution is -0.139. The highest BCUT2D eigenvalue weighted by atomic mass is 79.9. The third-order valence-electron chi connectivity index (χ3n) is 3.10. The maximum Gasteiger partial charge on any atom is 0.341 e. The summed E-state index contributed by atoms with van der Waals surface area (Å²) in [6, 6.07) is 15.1. The molecule has 2 aromatic rings. The molecular weight excluding hydrogens is 358 g/mol. The molecule has 0 radical (unpaired) electrons.